The average Bonchev–Trinajstić information content (AvgIpc) is 2.58. The Labute approximate surface area is 147 Å². The molecule has 0 atom stereocenters. The van der Waals surface area contributed by atoms with Gasteiger partial charge in [-0.3, -0.25) is 4.98 Å². The Morgan fingerprint density at radius 1 is 1.21 bits per heavy atom. The monoisotopic (exact) mass is 341 g/mol. The molecule has 0 amide bonds. The summed E-state index contributed by atoms with van der Waals surface area (Å²) in [5.41, 5.74) is 0.180. The van der Waals surface area contributed by atoms with Crippen LogP contribution >= 0.6 is 11.6 Å². The fraction of sp³-hybridized carbons (Fsp3) is 0.350. The molecule has 1 fully saturated rings. The maximum Gasteiger partial charge on any atom is 0.169 e. The summed E-state index contributed by atoms with van der Waals surface area (Å²) in [7, 11) is 0. The van der Waals surface area contributed by atoms with Gasteiger partial charge in [-0.1, -0.05) is 24.4 Å². The minimum Gasteiger partial charge on any atom is -0.506 e. The van der Waals surface area contributed by atoms with Crippen LogP contribution in [0.3, 0.4) is 0 Å². The van der Waals surface area contributed by atoms with Gasteiger partial charge in [0.05, 0.1) is 6.20 Å². The van der Waals surface area contributed by atoms with Gasteiger partial charge in [-0.15, -0.1) is 0 Å². The van der Waals surface area contributed by atoms with Crippen molar-refractivity contribution >= 4 is 11.6 Å². The van der Waals surface area contributed by atoms with Crippen LogP contribution in [0.2, 0.25) is 5.02 Å². The summed E-state index contributed by atoms with van der Waals surface area (Å²) in [6.45, 7) is 2.26. The summed E-state index contributed by atoms with van der Waals surface area (Å²) in [6.07, 6.45) is 6.98. The number of aromatic nitrogens is 1. The predicted molar refractivity (Wildman–Crippen MR) is 95.2 cm³/mol. The molecule has 3 nitrogen and oxygen atoms in total. The number of hydrogen-bond donors (Lipinski definition) is 1. The summed E-state index contributed by atoms with van der Waals surface area (Å²) in [6, 6.07) is 9.01. The van der Waals surface area contributed by atoms with E-state index in [-0.39, 0.29) is 5.75 Å². The molecular weight excluding hydrogens is 322 g/mol. The van der Waals surface area contributed by atoms with Crippen molar-refractivity contribution < 1.29 is 9.84 Å². The SMILES string of the molecule is CC1CCC(C#Cc2cncc(O)c2)(Oc2ccc(Cl)cc2)CC1. The van der Waals surface area contributed by atoms with Gasteiger partial charge in [0.25, 0.3) is 0 Å². The van der Waals surface area contributed by atoms with Gasteiger partial charge in [0, 0.05) is 16.8 Å². The smallest absolute Gasteiger partial charge is 0.169 e. The van der Waals surface area contributed by atoms with Crippen LogP contribution in [0.15, 0.2) is 42.7 Å². The van der Waals surface area contributed by atoms with E-state index < -0.39 is 5.60 Å². The second-order valence-corrected chi connectivity index (χ2v) is 6.85. The fourth-order valence-electron chi connectivity index (χ4n) is 2.89. The van der Waals surface area contributed by atoms with Crippen molar-refractivity contribution in [2.45, 2.75) is 38.2 Å². The van der Waals surface area contributed by atoms with Crippen LogP contribution in [0.4, 0.5) is 0 Å². The largest absolute Gasteiger partial charge is 0.506 e. The Morgan fingerprint density at radius 2 is 1.92 bits per heavy atom. The Bertz CT molecular complexity index is 753. The summed E-state index contributed by atoms with van der Waals surface area (Å²) in [4.78, 5) is 3.97. The molecule has 0 unspecified atom stereocenters. The number of pyridine rings is 1. The van der Waals surface area contributed by atoms with E-state index in [1.165, 1.54) is 6.20 Å². The number of aromatic hydroxyl groups is 1. The first-order chi connectivity index (χ1) is 11.5. The minimum atomic E-state index is -0.508. The maximum atomic E-state index is 9.54. The Hall–Kier alpha value is -2.18. The zero-order chi connectivity index (χ0) is 17.0. The highest BCUT2D eigenvalue weighted by atomic mass is 35.5. The van der Waals surface area contributed by atoms with Crippen LogP contribution in [-0.4, -0.2) is 15.7 Å². The number of ether oxygens (including phenoxy) is 1. The van der Waals surface area contributed by atoms with E-state index in [1.54, 1.807) is 12.3 Å². The van der Waals surface area contributed by atoms with Crippen LogP contribution in [-0.2, 0) is 0 Å². The third-order valence-corrected chi connectivity index (χ3v) is 4.62. The highest BCUT2D eigenvalue weighted by molar-refractivity contribution is 6.30. The predicted octanol–water partition coefficient (Wildman–Crippen LogP) is 4.82. The Morgan fingerprint density at radius 3 is 2.58 bits per heavy atom. The number of hydrogen-bond acceptors (Lipinski definition) is 3. The van der Waals surface area contributed by atoms with Gasteiger partial charge < -0.3 is 9.84 Å². The molecule has 1 aromatic heterocycles. The van der Waals surface area contributed by atoms with Gasteiger partial charge in [-0.05, 0) is 67.9 Å². The standard InChI is InChI=1S/C20H20ClNO2/c1-15-6-9-20(10-7-15,24-19-4-2-17(21)3-5-19)11-8-16-12-18(23)14-22-13-16/h2-5,12-15,23H,6-7,9-10H2,1H3. The summed E-state index contributed by atoms with van der Waals surface area (Å²) in [5.74, 6) is 8.01. The molecule has 124 valence electrons. The Kier molecular flexibility index (Phi) is 4.97. The first-order valence-electron chi connectivity index (χ1n) is 8.16. The van der Waals surface area contributed by atoms with Crippen molar-refractivity contribution in [3.8, 4) is 23.3 Å². The number of halogens is 1. The van der Waals surface area contributed by atoms with Gasteiger partial charge in [-0.25, -0.2) is 0 Å². The van der Waals surface area contributed by atoms with Crippen molar-refractivity contribution in [3.63, 3.8) is 0 Å². The van der Waals surface area contributed by atoms with Gasteiger partial charge >= 0.3 is 0 Å². The lowest BCUT2D eigenvalue weighted by Gasteiger charge is -2.35. The highest BCUT2D eigenvalue weighted by Gasteiger charge is 2.34. The van der Waals surface area contributed by atoms with Crippen molar-refractivity contribution in [2.24, 2.45) is 5.92 Å². The lowest BCUT2D eigenvalue weighted by Crippen LogP contribution is -2.38. The zero-order valence-corrected chi connectivity index (χ0v) is 14.4. The lowest BCUT2D eigenvalue weighted by atomic mass is 9.79. The van der Waals surface area contributed by atoms with Crippen molar-refractivity contribution in [1.29, 1.82) is 0 Å². The molecule has 4 heteroatoms. The van der Waals surface area contributed by atoms with Crippen molar-refractivity contribution in [3.05, 3.63) is 53.3 Å². The van der Waals surface area contributed by atoms with Crippen molar-refractivity contribution in [1.82, 2.24) is 4.98 Å². The molecule has 2 aromatic rings. The molecule has 3 rings (SSSR count). The third kappa shape index (κ3) is 4.21. The summed E-state index contributed by atoms with van der Waals surface area (Å²) in [5, 5.41) is 10.2. The van der Waals surface area contributed by atoms with Gasteiger partial charge in [0.15, 0.2) is 5.60 Å². The van der Waals surface area contributed by atoms with Crippen LogP contribution in [0.25, 0.3) is 0 Å². The first kappa shape index (κ1) is 16.7. The first-order valence-corrected chi connectivity index (χ1v) is 8.54. The highest BCUT2D eigenvalue weighted by Crippen LogP contribution is 2.35. The van der Waals surface area contributed by atoms with E-state index in [0.29, 0.717) is 16.5 Å². The third-order valence-electron chi connectivity index (χ3n) is 4.37. The van der Waals surface area contributed by atoms with E-state index >= 15 is 0 Å². The summed E-state index contributed by atoms with van der Waals surface area (Å²) < 4.78 is 6.28. The molecule has 24 heavy (non-hydrogen) atoms. The van der Waals surface area contributed by atoms with E-state index in [0.717, 1.165) is 31.4 Å². The maximum absolute atomic E-state index is 9.54. The molecule has 1 saturated carbocycles. The van der Waals surface area contributed by atoms with Gasteiger partial charge in [0.2, 0.25) is 0 Å². The topological polar surface area (TPSA) is 42.4 Å². The molecule has 0 radical (unpaired) electrons. The summed E-state index contributed by atoms with van der Waals surface area (Å²) >= 11 is 5.95. The quantitative estimate of drug-likeness (QED) is 0.796. The molecule has 1 aliphatic carbocycles. The van der Waals surface area contributed by atoms with Crippen LogP contribution in [0, 0.1) is 17.8 Å². The minimum absolute atomic E-state index is 0.117. The molecule has 1 aromatic carbocycles. The molecular formula is C20H20ClNO2. The van der Waals surface area contributed by atoms with Gasteiger partial charge in [-0.2, -0.15) is 0 Å². The van der Waals surface area contributed by atoms with Crippen molar-refractivity contribution in [2.75, 3.05) is 0 Å². The average molecular weight is 342 g/mol. The zero-order valence-electron chi connectivity index (χ0n) is 13.6. The molecule has 0 bridgehead atoms. The number of rotatable bonds is 2. The van der Waals surface area contributed by atoms with Crippen LogP contribution in [0.5, 0.6) is 11.5 Å². The number of benzene rings is 1. The molecule has 1 heterocycles. The van der Waals surface area contributed by atoms with Gasteiger partial charge in [0.1, 0.15) is 11.5 Å². The lowest BCUT2D eigenvalue weighted by molar-refractivity contribution is 0.0717. The second kappa shape index (κ2) is 7.15. The van der Waals surface area contributed by atoms with Crippen LogP contribution in [0.1, 0.15) is 38.2 Å². The van der Waals surface area contributed by atoms with E-state index in [2.05, 4.69) is 23.7 Å². The molecule has 1 N–H and O–H groups in total. The molecule has 0 spiro atoms. The molecule has 0 aliphatic heterocycles. The number of nitrogens with zero attached hydrogens (tertiary/aromatic N) is 1. The normalized spacial score (nSPS) is 23.2. The molecule has 1 aliphatic rings. The Balaban J connectivity index is 1.87. The fourth-order valence-corrected chi connectivity index (χ4v) is 3.02. The second-order valence-electron chi connectivity index (χ2n) is 6.41. The molecule has 0 saturated heterocycles. The van der Waals surface area contributed by atoms with Crippen LogP contribution < -0.4 is 4.74 Å². The van der Waals surface area contributed by atoms with E-state index in [4.69, 9.17) is 16.3 Å². The van der Waals surface area contributed by atoms with E-state index in [1.807, 2.05) is 24.3 Å². The van der Waals surface area contributed by atoms with E-state index in [9.17, 15) is 5.11 Å².